The third kappa shape index (κ3) is 4.20. The van der Waals surface area contributed by atoms with Crippen molar-refractivity contribution in [3.05, 3.63) is 41.3 Å². The van der Waals surface area contributed by atoms with Gasteiger partial charge in [0.2, 0.25) is 0 Å². The van der Waals surface area contributed by atoms with Crippen LogP contribution >= 0.6 is 0 Å². The lowest BCUT2D eigenvalue weighted by molar-refractivity contribution is 0.567. The molecule has 3 nitrogen and oxygen atoms in total. The molecule has 1 heterocycles. The van der Waals surface area contributed by atoms with Gasteiger partial charge in [0.15, 0.2) is 0 Å². The van der Waals surface area contributed by atoms with Gasteiger partial charge < -0.3 is 10.3 Å². The van der Waals surface area contributed by atoms with Gasteiger partial charge in [-0.15, -0.1) is 0 Å². The van der Waals surface area contributed by atoms with Gasteiger partial charge in [-0.1, -0.05) is 31.0 Å². The van der Waals surface area contributed by atoms with Crippen molar-refractivity contribution < 1.29 is 0 Å². The van der Waals surface area contributed by atoms with Crippen molar-refractivity contribution in [3.63, 3.8) is 0 Å². The Labute approximate surface area is 121 Å². The molecule has 0 aliphatic heterocycles. The number of nitrogens with zero attached hydrogens (tertiary/aromatic N) is 1. The third-order valence-corrected chi connectivity index (χ3v) is 3.30. The second kappa shape index (κ2) is 6.71. The first-order chi connectivity index (χ1) is 9.54. The standard InChI is InChI=1S/C17H25N3/c1-12(2)18-7-5-6-17-19-11-16(20-17)15-9-13(3)8-14(4)10-15/h8-12,18H,5-7H2,1-4H3,(H,19,20). The average Bonchev–Trinajstić information content (AvgIpc) is 2.82. The summed E-state index contributed by atoms with van der Waals surface area (Å²) in [5.41, 5.74) is 4.92. The Morgan fingerprint density at radius 2 is 1.85 bits per heavy atom. The molecule has 0 aliphatic rings. The van der Waals surface area contributed by atoms with Crippen LogP contribution < -0.4 is 5.32 Å². The highest BCUT2D eigenvalue weighted by Crippen LogP contribution is 2.20. The number of hydrogen-bond donors (Lipinski definition) is 2. The fourth-order valence-electron chi connectivity index (χ4n) is 2.41. The van der Waals surface area contributed by atoms with E-state index in [1.165, 1.54) is 16.7 Å². The SMILES string of the molecule is Cc1cc(C)cc(-c2cnc(CCCNC(C)C)[nH]2)c1. The molecule has 0 bridgehead atoms. The zero-order valence-corrected chi connectivity index (χ0v) is 13.0. The first-order valence-corrected chi connectivity index (χ1v) is 7.40. The van der Waals surface area contributed by atoms with Gasteiger partial charge in [0.05, 0.1) is 11.9 Å². The van der Waals surface area contributed by atoms with E-state index >= 15 is 0 Å². The summed E-state index contributed by atoms with van der Waals surface area (Å²) in [5.74, 6) is 1.07. The monoisotopic (exact) mass is 271 g/mol. The molecule has 3 heteroatoms. The van der Waals surface area contributed by atoms with Gasteiger partial charge in [0, 0.05) is 18.0 Å². The Kier molecular flexibility index (Phi) is 4.96. The predicted octanol–water partition coefficient (Wildman–Crippen LogP) is 3.62. The zero-order chi connectivity index (χ0) is 14.5. The summed E-state index contributed by atoms with van der Waals surface area (Å²) >= 11 is 0. The number of aromatic amines is 1. The summed E-state index contributed by atoms with van der Waals surface area (Å²) in [4.78, 5) is 7.92. The van der Waals surface area contributed by atoms with E-state index in [1.54, 1.807) is 0 Å². The number of aryl methyl sites for hydroxylation is 3. The maximum Gasteiger partial charge on any atom is 0.106 e. The molecular formula is C17H25N3. The molecule has 0 fully saturated rings. The van der Waals surface area contributed by atoms with Crippen LogP contribution in [0, 0.1) is 13.8 Å². The highest BCUT2D eigenvalue weighted by molar-refractivity contribution is 5.60. The lowest BCUT2D eigenvalue weighted by Crippen LogP contribution is -2.24. The minimum atomic E-state index is 0.553. The third-order valence-electron chi connectivity index (χ3n) is 3.30. The van der Waals surface area contributed by atoms with E-state index in [0.29, 0.717) is 6.04 Å². The number of H-pyrrole nitrogens is 1. The van der Waals surface area contributed by atoms with E-state index in [-0.39, 0.29) is 0 Å². The Hall–Kier alpha value is -1.61. The van der Waals surface area contributed by atoms with Crippen molar-refractivity contribution in [2.45, 2.75) is 46.6 Å². The second-order valence-electron chi connectivity index (χ2n) is 5.83. The Balaban J connectivity index is 1.98. The van der Waals surface area contributed by atoms with Gasteiger partial charge in [-0.2, -0.15) is 0 Å². The molecule has 0 amide bonds. The molecule has 0 radical (unpaired) electrons. The van der Waals surface area contributed by atoms with Gasteiger partial charge in [-0.05, 0) is 38.9 Å². The minimum Gasteiger partial charge on any atom is -0.342 e. The Bertz CT molecular complexity index is 535. The molecule has 1 aromatic heterocycles. The van der Waals surface area contributed by atoms with Crippen molar-refractivity contribution in [3.8, 4) is 11.3 Å². The highest BCUT2D eigenvalue weighted by Gasteiger charge is 2.04. The van der Waals surface area contributed by atoms with E-state index in [4.69, 9.17) is 0 Å². The van der Waals surface area contributed by atoms with Crippen LogP contribution in [0.1, 0.15) is 37.2 Å². The van der Waals surface area contributed by atoms with Gasteiger partial charge >= 0.3 is 0 Å². The number of nitrogens with one attached hydrogen (secondary N) is 2. The summed E-state index contributed by atoms with van der Waals surface area (Å²) in [5, 5.41) is 3.43. The predicted molar refractivity (Wildman–Crippen MR) is 85.0 cm³/mol. The van der Waals surface area contributed by atoms with Crippen LogP contribution in [-0.2, 0) is 6.42 Å². The van der Waals surface area contributed by atoms with Crippen molar-refractivity contribution in [1.29, 1.82) is 0 Å². The molecule has 20 heavy (non-hydrogen) atoms. The fourth-order valence-corrected chi connectivity index (χ4v) is 2.41. The van der Waals surface area contributed by atoms with Crippen LogP contribution in [0.3, 0.4) is 0 Å². The molecule has 108 valence electrons. The fraction of sp³-hybridized carbons (Fsp3) is 0.471. The molecule has 2 rings (SSSR count). The molecule has 0 saturated heterocycles. The smallest absolute Gasteiger partial charge is 0.106 e. The molecule has 0 unspecified atom stereocenters. The number of benzene rings is 1. The van der Waals surface area contributed by atoms with Gasteiger partial charge in [0.1, 0.15) is 5.82 Å². The largest absolute Gasteiger partial charge is 0.342 e. The summed E-state index contributed by atoms with van der Waals surface area (Å²) in [6.07, 6.45) is 4.04. The number of imidazole rings is 1. The van der Waals surface area contributed by atoms with E-state index < -0.39 is 0 Å². The van der Waals surface area contributed by atoms with Crippen molar-refractivity contribution >= 4 is 0 Å². The maximum atomic E-state index is 4.49. The Morgan fingerprint density at radius 3 is 2.50 bits per heavy atom. The molecule has 1 aromatic carbocycles. The van der Waals surface area contributed by atoms with E-state index in [0.717, 1.165) is 30.9 Å². The van der Waals surface area contributed by atoms with Crippen LogP contribution in [0.5, 0.6) is 0 Å². The number of aromatic nitrogens is 2. The van der Waals surface area contributed by atoms with E-state index in [1.807, 2.05) is 6.20 Å². The first-order valence-electron chi connectivity index (χ1n) is 7.40. The van der Waals surface area contributed by atoms with Crippen LogP contribution in [0.15, 0.2) is 24.4 Å². The highest BCUT2D eigenvalue weighted by atomic mass is 14.9. The normalized spacial score (nSPS) is 11.2. The first kappa shape index (κ1) is 14.8. The Morgan fingerprint density at radius 1 is 1.15 bits per heavy atom. The van der Waals surface area contributed by atoms with Crippen LogP contribution in [0.2, 0.25) is 0 Å². The van der Waals surface area contributed by atoms with Crippen molar-refractivity contribution in [1.82, 2.24) is 15.3 Å². The lowest BCUT2D eigenvalue weighted by Gasteiger charge is -2.06. The van der Waals surface area contributed by atoms with Crippen molar-refractivity contribution in [2.24, 2.45) is 0 Å². The molecule has 0 atom stereocenters. The number of rotatable bonds is 6. The van der Waals surface area contributed by atoms with Gasteiger partial charge in [-0.25, -0.2) is 4.98 Å². The molecule has 0 aliphatic carbocycles. The topological polar surface area (TPSA) is 40.7 Å². The molecular weight excluding hydrogens is 246 g/mol. The summed E-state index contributed by atoms with van der Waals surface area (Å²) < 4.78 is 0. The van der Waals surface area contributed by atoms with Crippen LogP contribution in [0.4, 0.5) is 0 Å². The summed E-state index contributed by atoms with van der Waals surface area (Å²) in [6.45, 7) is 9.64. The van der Waals surface area contributed by atoms with Gasteiger partial charge in [0.25, 0.3) is 0 Å². The zero-order valence-electron chi connectivity index (χ0n) is 13.0. The molecule has 2 aromatic rings. The lowest BCUT2D eigenvalue weighted by atomic mass is 10.1. The average molecular weight is 271 g/mol. The van der Waals surface area contributed by atoms with Crippen LogP contribution in [0.25, 0.3) is 11.3 Å². The molecule has 2 N–H and O–H groups in total. The van der Waals surface area contributed by atoms with E-state index in [2.05, 4.69) is 61.2 Å². The molecule has 0 spiro atoms. The van der Waals surface area contributed by atoms with Crippen LogP contribution in [-0.4, -0.2) is 22.6 Å². The summed E-state index contributed by atoms with van der Waals surface area (Å²) in [7, 11) is 0. The van der Waals surface area contributed by atoms with Gasteiger partial charge in [-0.3, -0.25) is 0 Å². The second-order valence-corrected chi connectivity index (χ2v) is 5.83. The molecule has 0 saturated carbocycles. The maximum absolute atomic E-state index is 4.49. The quantitative estimate of drug-likeness (QED) is 0.788. The number of hydrogen-bond acceptors (Lipinski definition) is 2. The van der Waals surface area contributed by atoms with Crippen molar-refractivity contribution in [2.75, 3.05) is 6.54 Å². The minimum absolute atomic E-state index is 0.553. The van der Waals surface area contributed by atoms with E-state index in [9.17, 15) is 0 Å². The summed E-state index contributed by atoms with van der Waals surface area (Å²) in [6, 6.07) is 7.14.